The molecule has 124 valence electrons. The van der Waals surface area contributed by atoms with E-state index in [9.17, 15) is 14.4 Å². The predicted octanol–water partition coefficient (Wildman–Crippen LogP) is 1.49. The second kappa shape index (κ2) is 5.77. The number of allylic oxidation sites excluding steroid dienone is 2. The maximum Gasteiger partial charge on any atom is 0.233 e. The molecule has 5 heteroatoms. The van der Waals surface area contributed by atoms with E-state index in [1.165, 1.54) is 17.7 Å². The lowest BCUT2D eigenvalue weighted by Crippen LogP contribution is -2.40. The summed E-state index contributed by atoms with van der Waals surface area (Å²) in [6.07, 6.45) is 10.5. The molecule has 4 rings (SSSR count). The minimum Gasteiger partial charge on any atom is -0.354 e. The van der Waals surface area contributed by atoms with Crippen LogP contribution in [0.3, 0.4) is 0 Å². The van der Waals surface area contributed by atoms with Gasteiger partial charge in [0.25, 0.3) is 0 Å². The number of hydrogen-bond acceptors (Lipinski definition) is 3. The molecule has 1 saturated heterocycles. The Bertz CT molecular complexity index is 535. The highest BCUT2D eigenvalue weighted by Crippen LogP contribution is 2.52. The Labute approximate surface area is 136 Å². The summed E-state index contributed by atoms with van der Waals surface area (Å²) in [5.74, 6) is 0.762. The molecule has 3 fully saturated rings. The number of amides is 3. The number of nitrogens with zero attached hydrogens (tertiary/aromatic N) is 1. The number of carbonyl (C=O) groups excluding carboxylic acids is 3. The van der Waals surface area contributed by atoms with Crippen LogP contribution >= 0.6 is 0 Å². The van der Waals surface area contributed by atoms with Gasteiger partial charge in [-0.15, -0.1) is 0 Å². The average Bonchev–Trinajstić information content (AvgIpc) is 3.28. The van der Waals surface area contributed by atoms with Crippen LogP contribution in [0.25, 0.3) is 0 Å². The van der Waals surface area contributed by atoms with Crippen LogP contribution in [0, 0.1) is 29.6 Å². The van der Waals surface area contributed by atoms with Gasteiger partial charge < -0.3 is 5.32 Å². The number of imide groups is 1. The van der Waals surface area contributed by atoms with E-state index in [0.29, 0.717) is 25.4 Å². The Morgan fingerprint density at radius 2 is 1.70 bits per heavy atom. The molecule has 2 saturated carbocycles. The normalized spacial score (nSPS) is 35.4. The largest absolute Gasteiger partial charge is 0.354 e. The monoisotopic (exact) mass is 316 g/mol. The molecule has 1 N–H and O–H groups in total. The molecular formula is C18H24N2O3. The van der Waals surface area contributed by atoms with Gasteiger partial charge in [0.15, 0.2) is 0 Å². The number of hydrogen-bond donors (Lipinski definition) is 1. The molecule has 1 aliphatic heterocycles. The van der Waals surface area contributed by atoms with Crippen LogP contribution in [0.2, 0.25) is 0 Å². The van der Waals surface area contributed by atoms with Gasteiger partial charge in [0.05, 0.1) is 11.8 Å². The molecule has 3 aliphatic carbocycles. The van der Waals surface area contributed by atoms with E-state index >= 15 is 0 Å². The van der Waals surface area contributed by atoms with Crippen molar-refractivity contribution >= 4 is 17.7 Å². The van der Waals surface area contributed by atoms with Gasteiger partial charge >= 0.3 is 0 Å². The van der Waals surface area contributed by atoms with Crippen molar-refractivity contribution in [2.24, 2.45) is 29.6 Å². The van der Waals surface area contributed by atoms with E-state index in [-0.39, 0.29) is 41.4 Å². The van der Waals surface area contributed by atoms with Gasteiger partial charge in [-0.3, -0.25) is 19.3 Å². The molecule has 1 heterocycles. The fraction of sp³-hybridized carbons (Fsp3) is 0.722. The highest BCUT2D eigenvalue weighted by molar-refractivity contribution is 6.06. The van der Waals surface area contributed by atoms with Crippen LogP contribution in [-0.4, -0.2) is 35.7 Å². The van der Waals surface area contributed by atoms with Crippen molar-refractivity contribution in [3.8, 4) is 0 Å². The Morgan fingerprint density at radius 3 is 2.30 bits per heavy atom. The molecule has 2 bridgehead atoms. The van der Waals surface area contributed by atoms with E-state index in [1.54, 1.807) is 0 Å². The maximum atomic E-state index is 12.5. The first kappa shape index (κ1) is 14.9. The zero-order chi connectivity index (χ0) is 16.0. The summed E-state index contributed by atoms with van der Waals surface area (Å²) in [4.78, 5) is 38.3. The average molecular weight is 316 g/mol. The van der Waals surface area contributed by atoms with Crippen molar-refractivity contribution in [2.75, 3.05) is 13.1 Å². The first-order valence-electron chi connectivity index (χ1n) is 8.95. The fourth-order valence-electron chi connectivity index (χ4n) is 5.04. The van der Waals surface area contributed by atoms with Crippen molar-refractivity contribution in [3.05, 3.63) is 12.2 Å². The van der Waals surface area contributed by atoms with Gasteiger partial charge in [0.1, 0.15) is 0 Å². The lowest BCUT2D eigenvalue weighted by molar-refractivity contribution is -0.141. The lowest BCUT2D eigenvalue weighted by Gasteiger charge is -2.17. The first-order valence-corrected chi connectivity index (χ1v) is 8.95. The number of carbonyl (C=O) groups is 3. The summed E-state index contributed by atoms with van der Waals surface area (Å²) in [5.41, 5.74) is 0. The molecule has 3 amide bonds. The van der Waals surface area contributed by atoms with Crippen LogP contribution in [0.1, 0.15) is 38.5 Å². The van der Waals surface area contributed by atoms with Crippen LogP contribution in [0.5, 0.6) is 0 Å². The quantitative estimate of drug-likeness (QED) is 0.617. The number of fused-ring (bicyclic) bond motifs is 5. The summed E-state index contributed by atoms with van der Waals surface area (Å²) in [6.45, 7) is 0.700. The maximum absolute atomic E-state index is 12.5. The van der Waals surface area contributed by atoms with Crippen LogP contribution in [0.15, 0.2) is 12.2 Å². The third-order valence-electron chi connectivity index (χ3n) is 6.17. The molecule has 0 aromatic rings. The SMILES string of the molecule is O=C(CC1CCCC1)NCCN1C(=O)C2C3C=CC(C3)C2C1=O. The third kappa shape index (κ3) is 2.50. The molecule has 4 atom stereocenters. The zero-order valence-electron chi connectivity index (χ0n) is 13.4. The molecule has 0 aromatic heterocycles. The number of likely N-dealkylation sites (tertiary alicyclic amines) is 1. The van der Waals surface area contributed by atoms with Crippen LogP contribution in [0.4, 0.5) is 0 Å². The Hall–Kier alpha value is -1.65. The fourth-order valence-corrected chi connectivity index (χ4v) is 5.04. The molecule has 0 radical (unpaired) electrons. The van der Waals surface area contributed by atoms with Gasteiger partial charge in [-0.25, -0.2) is 0 Å². The summed E-state index contributed by atoms with van der Waals surface area (Å²) in [6, 6.07) is 0. The van der Waals surface area contributed by atoms with Gasteiger partial charge in [-0.05, 0) is 37.0 Å². The van der Waals surface area contributed by atoms with Gasteiger partial charge in [0, 0.05) is 19.5 Å². The van der Waals surface area contributed by atoms with Crippen molar-refractivity contribution in [2.45, 2.75) is 38.5 Å². The molecule has 4 unspecified atom stereocenters. The van der Waals surface area contributed by atoms with E-state index < -0.39 is 0 Å². The van der Waals surface area contributed by atoms with Gasteiger partial charge in [0.2, 0.25) is 17.7 Å². The standard InChI is InChI=1S/C18H24N2O3/c21-14(9-11-3-1-2-4-11)19-7-8-20-17(22)15-12-5-6-13(10-12)16(15)18(20)23/h5-6,11-13,15-16H,1-4,7-10H2,(H,19,21). The van der Waals surface area contributed by atoms with Crippen molar-refractivity contribution in [1.29, 1.82) is 0 Å². The Balaban J connectivity index is 1.28. The summed E-state index contributed by atoms with van der Waals surface area (Å²) in [5, 5.41) is 2.88. The van der Waals surface area contributed by atoms with Crippen molar-refractivity contribution in [1.82, 2.24) is 10.2 Å². The smallest absolute Gasteiger partial charge is 0.233 e. The molecule has 0 aromatic carbocycles. The molecule has 5 nitrogen and oxygen atoms in total. The van der Waals surface area contributed by atoms with Crippen molar-refractivity contribution < 1.29 is 14.4 Å². The highest BCUT2D eigenvalue weighted by atomic mass is 16.2. The lowest BCUT2D eigenvalue weighted by atomic mass is 9.85. The number of nitrogens with one attached hydrogen (secondary N) is 1. The van der Waals surface area contributed by atoms with E-state index in [2.05, 4.69) is 17.5 Å². The second-order valence-corrected chi connectivity index (χ2v) is 7.53. The topological polar surface area (TPSA) is 66.5 Å². The Kier molecular flexibility index (Phi) is 3.74. The minimum absolute atomic E-state index is 0.0260. The van der Waals surface area contributed by atoms with E-state index in [1.807, 2.05) is 0 Å². The van der Waals surface area contributed by atoms with Crippen molar-refractivity contribution in [3.63, 3.8) is 0 Å². The van der Waals surface area contributed by atoms with E-state index in [4.69, 9.17) is 0 Å². The summed E-state index contributed by atoms with van der Waals surface area (Å²) < 4.78 is 0. The predicted molar refractivity (Wildman–Crippen MR) is 84.0 cm³/mol. The third-order valence-corrected chi connectivity index (χ3v) is 6.17. The zero-order valence-corrected chi connectivity index (χ0v) is 13.4. The number of rotatable bonds is 5. The molecule has 4 aliphatic rings. The summed E-state index contributed by atoms with van der Waals surface area (Å²) in [7, 11) is 0. The molecular weight excluding hydrogens is 292 g/mol. The van der Waals surface area contributed by atoms with Crippen LogP contribution in [-0.2, 0) is 14.4 Å². The minimum atomic E-state index is -0.133. The molecule has 0 spiro atoms. The first-order chi connectivity index (χ1) is 11.1. The Morgan fingerprint density at radius 1 is 1.09 bits per heavy atom. The van der Waals surface area contributed by atoms with Gasteiger partial charge in [-0.1, -0.05) is 25.0 Å². The van der Waals surface area contributed by atoms with E-state index in [0.717, 1.165) is 19.3 Å². The van der Waals surface area contributed by atoms with Crippen LogP contribution < -0.4 is 5.32 Å². The molecule has 23 heavy (non-hydrogen) atoms. The second-order valence-electron chi connectivity index (χ2n) is 7.53. The highest BCUT2D eigenvalue weighted by Gasteiger charge is 2.58. The van der Waals surface area contributed by atoms with Gasteiger partial charge in [-0.2, -0.15) is 0 Å². The summed E-state index contributed by atoms with van der Waals surface area (Å²) >= 11 is 0.